The van der Waals surface area contributed by atoms with Crippen LogP contribution in [0.4, 0.5) is 0 Å². The molecular formula is C41H38N2O9. The van der Waals surface area contributed by atoms with E-state index in [-0.39, 0.29) is 48.0 Å². The van der Waals surface area contributed by atoms with Gasteiger partial charge >= 0.3 is 17.9 Å². The topological polar surface area (TPSA) is 192 Å². The SMILES string of the molecule is N[C@@H](Cc1ccc(O)cc1)C(=O)Oc1ccc(/C=C\c2cc(OC(=O)CCc3ccc(O)cc3)cc(OC(=O)[C@@H](N)Cc3ccc(O)cc3)c2)cc1. The van der Waals surface area contributed by atoms with Crippen LogP contribution < -0.4 is 25.7 Å². The lowest BCUT2D eigenvalue weighted by Gasteiger charge is -2.13. The highest BCUT2D eigenvalue weighted by atomic mass is 16.5. The quantitative estimate of drug-likeness (QED) is 0.0561. The number of esters is 3. The van der Waals surface area contributed by atoms with E-state index in [0.29, 0.717) is 17.7 Å². The molecule has 0 amide bonds. The van der Waals surface area contributed by atoms with Crippen molar-refractivity contribution in [1.29, 1.82) is 0 Å². The van der Waals surface area contributed by atoms with Gasteiger partial charge in [-0.25, -0.2) is 9.59 Å². The molecule has 11 nitrogen and oxygen atoms in total. The third-order valence-electron chi connectivity index (χ3n) is 7.86. The highest BCUT2D eigenvalue weighted by Gasteiger charge is 2.19. The number of phenolic OH excluding ortho intramolecular Hbond substituents is 3. The van der Waals surface area contributed by atoms with Crippen molar-refractivity contribution in [3.05, 3.63) is 143 Å². The second-order valence-electron chi connectivity index (χ2n) is 12.1. The van der Waals surface area contributed by atoms with Crippen molar-refractivity contribution >= 4 is 30.1 Å². The van der Waals surface area contributed by atoms with E-state index < -0.39 is 30.0 Å². The van der Waals surface area contributed by atoms with Crippen LogP contribution in [0.15, 0.2) is 115 Å². The molecular weight excluding hydrogens is 664 g/mol. The molecule has 0 aromatic heterocycles. The molecule has 5 aromatic carbocycles. The third-order valence-corrected chi connectivity index (χ3v) is 7.86. The van der Waals surface area contributed by atoms with Crippen molar-refractivity contribution in [3.63, 3.8) is 0 Å². The first-order valence-electron chi connectivity index (χ1n) is 16.4. The van der Waals surface area contributed by atoms with Crippen LogP contribution in [0.5, 0.6) is 34.5 Å². The van der Waals surface area contributed by atoms with Crippen molar-refractivity contribution in [2.75, 3.05) is 0 Å². The van der Waals surface area contributed by atoms with Crippen LogP contribution in [0.3, 0.4) is 0 Å². The Kier molecular flexibility index (Phi) is 12.4. The number of nitrogens with two attached hydrogens (primary N) is 2. The van der Waals surface area contributed by atoms with Crippen LogP contribution in [-0.2, 0) is 33.6 Å². The van der Waals surface area contributed by atoms with E-state index in [1.165, 1.54) is 30.3 Å². The second kappa shape index (κ2) is 17.5. The molecule has 7 N–H and O–H groups in total. The van der Waals surface area contributed by atoms with Gasteiger partial charge < -0.3 is 41.0 Å². The van der Waals surface area contributed by atoms with Crippen molar-refractivity contribution in [3.8, 4) is 34.5 Å². The minimum absolute atomic E-state index is 0.0656. The van der Waals surface area contributed by atoms with Gasteiger partial charge in [0.2, 0.25) is 0 Å². The lowest BCUT2D eigenvalue weighted by molar-refractivity contribution is -0.136. The number of phenols is 3. The van der Waals surface area contributed by atoms with E-state index in [2.05, 4.69) is 0 Å². The van der Waals surface area contributed by atoms with E-state index in [0.717, 1.165) is 22.3 Å². The number of carbonyl (C=O) groups is 3. The summed E-state index contributed by atoms with van der Waals surface area (Å²) in [4.78, 5) is 38.3. The van der Waals surface area contributed by atoms with Crippen molar-refractivity contribution in [2.24, 2.45) is 11.5 Å². The molecule has 5 rings (SSSR count). The van der Waals surface area contributed by atoms with Crippen LogP contribution in [0.1, 0.15) is 34.2 Å². The van der Waals surface area contributed by atoms with Crippen molar-refractivity contribution < 1.29 is 43.9 Å². The Morgan fingerprint density at radius 3 is 1.44 bits per heavy atom. The Morgan fingerprint density at radius 2 is 0.942 bits per heavy atom. The molecule has 0 radical (unpaired) electrons. The van der Waals surface area contributed by atoms with E-state index in [1.807, 2.05) is 0 Å². The van der Waals surface area contributed by atoms with E-state index in [4.69, 9.17) is 25.7 Å². The lowest BCUT2D eigenvalue weighted by atomic mass is 10.1. The van der Waals surface area contributed by atoms with Crippen LogP contribution in [0.2, 0.25) is 0 Å². The summed E-state index contributed by atoms with van der Waals surface area (Å²) in [5.41, 5.74) is 15.8. The minimum atomic E-state index is -1.00. The smallest absolute Gasteiger partial charge is 0.328 e. The molecule has 0 aliphatic carbocycles. The van der Waals surface area contributed by atoms with Gasteiger partial charge in [-0.2, -0.15) is 0 Å². The lowest BCUT2D eigenvalue weighted by Crippen LogP contribution is -2.36. The Labute approximate surface area is 300 Å². The maximum absolute atomic E-state index is 13.0. The number of benzene rings is 5. The highest BCUT2D eigenvalue weighted by molar-refractivity contribution is 5.80. The van der Waals surface area contributed by atoms with Gasteiger partial charge in [-0.05, 0) is 108 Å². The Bertz CT molecular complexity index is 2010. The summed E-state index contributed by atoms with van der Waals surface area (Å²) in [6.45, 7) is 0. The molecule has 266 valence electrons. The van der Waals surface area contributed by atoms with Crippen molar-refractivity contribution in [2.45, 2.75) is 37.8 Å². The molecule has 52 heavy (non-hydrogen) atoms. The molecule has 0 heterocycles. The van der Waals surface area contributed by atoms with Gasteiger partial charge in [0.15, 0.2) is 0 Å². The number of ether oxygens (including phenoxy) is 3. The minimum Gasteiger partial charge on any atom is -0.508 e. The fourth-order valence-corrected chi connectivity index (χ4v) is 5.06. The van der Waals surface area contributed by atoms with Gasteiger partial charge in [-0.15, -0.1) is 0 Å². The Balaban J connectivity index is 1.26. The first-order chi connectivity index (χ1) is 25.0. The maximum atomic E-state index is 13.0. The number of hydrogen-bond acceptors (Lipinski definition) is 11. The Hall–Kier alpha value is -6.43. The molecule has 2 atom stereocenters. The summed E-state index contributed by atoms with van der Waals surface area (Å²) in [7, 11) is 0. The standard InChI is InChI=1S/C41H38N2O9/c42-37(23-28-5-14-32(45)15-6-28)40(48)51-34-18-9-26(10-19-34)1-2-30-21-35(50-39(47)20-11-27-3-12-31(44)13-4-27)25-36(22-30)52-41(49)38(43)24-29-7-16-33(46)17-8-29/h1-10,12-19,21-22,25,37-38,44-46H,11,20,23-24,42-43H2/b2-1-/t37-,38-/m0/s1. The summed E-state index contributed by atoms with van der Waals surface area (Å²) in [6, 6.07) is 28.7. The number of rotatable bonds is 14. The van der Waals surface area contributed by atoms with E-state index in [9.17, 15) is 29.7 Å². The molecule has 0 unspecified atom stereocenters. The average molecular weight is 703 g/mol. The molecule has 0 aliphatic rings. The monoisotopic (exact) mass is 702 g/mol. The number of aromatic hydroxyl groups is 3. The third kappa shape index (κ3) is 11.3. The van der Waals surface area contributed by atoms with Gasteiger partial charge in [-0.1, -0.05) is 60.7 Å². The summed E-state index contributed by atoms with van der Waals surface area (Å²) >= 11 is 0. The number of aryl methyl sites for hydroxylation is 1. The number of carbonyl (C=O) groups excluding carboxylic acids is 3. The zero-order chi connectivity index (χ0) is 37.0. The van der Waals surface area contributed by atoms with Crippen LogP contribution in [0, 0.1) is 0 Å². The molecule has 5 aromatic rings. The predicted octanol–water partition coefficient (Wildman–Crippen LogP) is 5.46. The fourth-order valence-electron chi connectivity index (χ4n) is 5.06. The summed E-state index contributed by atoms with van der Waals surface area (Å²) in [5.74, 6) is -0.900. The zero-order valence-electron chi connectivity index (χ0n) is 28.1. The molecule has 0 spiro atoms. The normalized spacial score (nSPS) is 12.2. The molecule has 0 saturated carbocycles. The van der Waals surface area contributed by atoms with Gasteiger partial charge in [0.25, 0.3) is 0 Å². The van der Waals surface area contributed by atoms with Gasteiger partial charge in [0, 0.05) is 12.5 Å². The first kappa shape index (κ1) is 36.8. The van der Waals surface area contributed by atoms with Crippen molar-refractivity contribution in [1.82, 2.24) is 0 Å². The van der Waals surface area contributed by atoms with Gasteiger partial charge in [0.1, 0.15) is 46.6 Å². The van der Waals surface area contributed by atoms with Crippen LogP contribution in [-0.4, -0.2) is 45.3 Å². The highest BCUT2D eigenvalue weighted by Crippen LogP contribution is 2.26. The molecule has 0 aliphatic heterocycles. The van der Waals surface area contributed by atoms with Gasteiger partial charge in [-0.3, -0.25) is 4.79 Å². The molecule has 0 fully saturated rings. The first-order valence-corrected chi connectivity index (χ1v) is 16.4. The molecule has 11 heteroatoms. The largest absolute Gasteiger partial charge is 0.508 e. The predicted molar refractivity (Wildman–Crippen MR) is 195 cm³/mol. The average Bonchev–Trinajstić information content (AvgIpc) is 3.13. The Morgan fingerprint density at radius 1 is 0.519 bits per heavy atom. The van der Waals surface area contributed by atoms with E-state index in [1.54, 1.807) is 97.1 Å². The van der Waals surface area contributed by atoms with Gasteiger partial charge in [0.05, 0.1) is 0 Å². The summed E-state index contributed by atoms with van der Waals surface area (Å²) < 4.78 is 16.7. The van der Waals surface area contributed by atoms with E-state index >= 15 is 0 Å². The second-order valence-corrected chi connectivity index (χ2v) is 12.1. The molecule has 0 bridgehead atoms. The maximum Gasteiger partial charge on any atom is 0.328 e. The van der Waals surface area contributed by atoms with Crippen LogP contribution >= 0.6 is 0 Å². The fraction of sp³-hybridized carbons (Fsp3) is 0.146. The summed E-state index contributed by atoms with van der Waals surface area (Å²) in [6.07, 6.45) is 4.38. The number of hydrogen-bond donors (Lipinski definition) is 5. The summed E-state index contributed by atoms with van der Waals surface area (Å²) in [5, 5.41) is 28.5. The van der Waals surface area contributed by atoms with Crippen LogP contribution in [0.25, 0.3) is 12.2 Å². The molecule has 0 saturated heterocycles. The zero-order valence-corrected chi connectivity index (χ0v) is 28.1.